The summed E-state index contributed by atoms with van der Waals surface area (Å²) in [7, 11) is 1.93. The van der Waals surface area contributed by atoms with Gasteiger partial charge in [0, 0.05) is 36.1 Å². The molecule has 2 N–H and O–H groups in total. The van der Waals surface area contributed by atoms with Crippen molar-refractivity contribution in [2.75, 3.05) is 5.32 Å². The van der Waals surface area contributed by atoms with Gasteiger partial charge in [0.15, 0.2) is 5.82 Å². The first kappa shape index (κ1) is 12.4. The summed E-state index contributed by atoms with van der Waals surface area (Å²) in [6.07, 6.45) is 3.54. The van der Waals surface area contributed by atoms with Crippen LogP contribution in [0.4, 0.5) is 5.69 Å². The van der Waals surface area contributed by atoms with Crippen molar-refractivity contribution >= 4 is 5.69 Å². The maximum atomic E-state index is 4.09. The third-order valence-corrected chi connectivity index (χ3v) is 3.27. The molecule has 0 spiro atoms. The molecule has 0 radical (unpaired) electrons. The lowest BCUT2D eigenvalue weighted by atomic mass is 10.2. The minimum Gasteiger partial charge on any atom is -0.381 e. The number of aromatic amines is 1. The van der Waals surface area contributed by atoms with Crippen LogP contribution in [0.25, 0.3) is 11.4 Å². The van der Waals surface area contributed by atoms with Gasteiger partial charge in [-0.25, -0.2) is 0 Å². The van der Waals surface area contributed by atoms with Crippen molar-refractivity contribution in [3.8, 4) is 11.4 Å². The van der Waals surface area contributed by atoms with Crippen LogP contribution >= 0.6 is 0 Å². The Morgan fingerprint density at radius 2 is 2.05 bits per heavy atom. The van der Waals surface area contributed by atoms with Crippen LogP contribution in [0.15, 0.2) is 36.8 Å². The average molecular weight is 268 g/mol. The van der Waals surface area contributed by atoms with Crippen molar-refractivity contribution < 1.29 is 0 Å². The van der Waals surface area contributed by atoms with Crippen LogP contribution in [-0.4, -0.2) is 25.0 Å². The molecule has 20 heavy (non-hydrogen) atoms. The molecule has 6 nitrogen and oxygen atoms in total. The highest BCUT2D eigenvalue weighted by Gasteiger charge is 2.04. The number of anilines is 1. The Kier molecular flexibility index (Phi) is 3.20. The van der Waals surface area contributed by atoms with Gasteiger partial charge in [0.25, 0.3) is 0 Å². The van der Waals surface area contributed by atoms with Gasteiger partial charge < -0.3 is 9.88 Å². The first-order valence-corrected chi connectivity index (χ1v) is 6.41. The van der Waals surface area contributed by atoms with E-state index in [-0.39, 0.29) is 0 Å². The number of benzene rings is 1. The molecule has 0 aliphatic heterocycles. The normalized spacial score (nSPS) is 10.7. The molecule has 1 aromatic carbocycles. The van der Waals surface area contributed by atoms with Crippen LogP contribution in [0, 0.1) is 6.92 Å². The largest absolute Gasteiger partial charge is 0.381 e. The van der Waals surface area contributed by atoms with E-state index in [9.17, 15) is 0 Å². The van der Waals surface area contributed by atoms with Crippen LogP contribution in [0.2, 0.25) is 0 Å². The molecule has 3 rings (SSSR count). The van der Waals surface area contributed by atoms with Crippen molar-refractivity contribution in [1.82, 2.24) is 25.0 Å². The Bertz CT molecular complexity index is 695. The fourth-order valence-corrected chi connectivity index (χ4v) is 2.03. The molecular weight excluding hydrogens is 252 g/mol. The number of aromatic nitrogens is 5. The molecule has 0 fully saturated rings. The molecule has 102 valence electrons. The third kappa shape index (κ3) is 2.40. The molecule has 0 aliphatic carbocycles. The molecule has 0 atom stereocenters. The summed E-state index contributed by atoms with van der Waals surface area (Å²) in [5, 5.41) is 18.3. The second-order valence-corrected chi connectivity index (χ2v) is 4.72. The van der Waals surface area contributed by atoms with E-state index < -0.39 is 0 Å². The second kappa shape index (κ2) is 5.16. The minimum atomic E-state index is 0.756. The summed E-state index contributed by atoms with van der Waals surface area (Å²) in [6.45, 7) is 2.77. The zero-order valence-electron chi connectivity index (χ0n) is 11.5. The van der Waals surface area contributed by atoms with Crippen LogP contribution in [0.1, 0.15) is 11.3 Å². The quantitative estimate of drug-likeness (QED) is 0.760. The highest BCUT2D eigenvalue weighted by molar-refractivity contribution is 5.59. The molecule has 3 aromatic rings. The van der Waals surface area contributed by atoms with Crippen LogP contribution in [0.5, 0.6) is 0 Å². The third-order valence-electron chi connectivity index (χ3n) is 3.27. The predicted molar refractivity (Wildman–Crippen MR) is 77.1 cm³/mol. The van der Waals surface area contributed by atoms with Gasteiger partial charge in [-0.05, 0) is 31.2 Å². The van der Waals surface area contributed by atoms with E-state index in [1.807, 2.05) is 49.0 Å². The number of rotatable bonds is 4. The number of aryl methyl sites for hydroxylation is 2. The molecule has 0 bridgehead atoms. The van der Waals surface area contributed by atoms with E-state index in [0.717, 1.165) is 29.3 Å². The number of nitrogens with zero attached hydrogens (tertiary/aromatic N) is 4. The second-order valence-electron chi connectivity index (χ2n) is 4.72. The van der Waals surface area contributed by atoms with Gasteiger partial charge in [-0.15, -0.1) is 10.2 Å². The van der Waals surface area contributed by atoms with Gasteiger partial charge in [0.1, 0.15) is 6.33 Å². The van der Waals surface area contributed by atoms with Gasteiger partial charge >= 0.3 is 0 Å². The van der Waals surface area contributed by atoms with E-state index >= 15 is 0 Å². The molecule has 2 heterocycles. The Balaban J connectivity index is 1.71. The standard InChI is InChI=1S/C14H16N6/c1-10-12(8-16-18-10)7-15-13-5-3-11(4-6-13)14-19-17-9-20(14)2/h3-6,8-9,15H,7H2,1-2H3,(H,16,18). The molecular formula is C14H16N6. The highest BCUT2D eigenvalue weighted by atomic mass is 15.2. The Morgan fingerprint density at radius 1 is 1.25 bits per heavy atom. The summed E-state index contributed by atoms with van der Waals surface area (Å²) < 4.78 is 1.90. The lowest BCUT2D eigenvalue weighted by molar-refractivity contribution is 0.920. The smallest absolute Gasteiger partial charge is 0.163 e. The van der Waals surface area contributed by atoms with Crippen molar-refractivity contribution in [2.24, 2.45) is 7.05 Å². The summed E-state index contributed by atoms with van der Waals surface area (Å²) in [6, 6.07) is 8.15. The maximum absolute atomic E-state index is 4.09. The van der Waals surface area contributed by atoms with E-state index in [0.29, 0.717) is 0 Å². The van der Waals surface area contributed by atoms with Gasteiger partial charge in [0.2, 0.25) is 0 Å². The number of hydrogen-bond donors (Lipinski definition) is 2. The first-order chi connectivity index (χ1) is 9.74. The van der Waals surface area contributed by atoms with E-state index in [4.69, 9.17) is 0 Å². The van der Waals surface area contributed by atoms with Crippen LogP contribution in [-0.2, 0) is 13.6 Å². The number of H-pyrrole nitrogens is 1. The monoisotopic (exact) mass is 268 g/mol. The fourth-order valence-electron chi connectivity index (χ4n) is 2.03. The Hall–Kier alpha value is -2.63. The lowest BCUT2D eigenvalue weighted by Crippen LogP contribution is -2.00. The molecule has 0 saturated heterocycles. The summed E-state index contributed by atoms with van der Waals surface area (Å²) in [5.41, 5.74) is 4.38. The Morgan fingerprint density at radius 3 is 2.65 bits per heavy atom. The molecule has 0 saturated carbocycles. The van der Waals surface area contributed by atoms with Crippen molar-refractivity contribution in [3.05, 3.63) is 48.0 Å². The molecule has 6 heteroatoms. The zero-order chi connectivity index (χ0) is 13.9. The minimum absolute atomic E-state index is 0.756. The topological polar surface area (TPSA) is 71.4 Å². The molecule has 0 amide bonds. The van der Waals surface area contributed by atoms with Crippen molar-refractivity contribution in [3.63, 3.8) is 0 Å². The fraction of sp³-hybridized carbons (Fsp3) is 0.214. The van der Waals surface area contributed by atoms with E-state index in [2.05, 4.69) is 25.7 Å². The van der Waals surface area contributed by atoms with Crippen molar-refractivity contribution in [2.45, 2.75) is 13.5 Å². The van der Waals surface area contributed by atoms with Crippen LogP contribution < -0.4 is 5.32 Å². The molecule has 0 unspecified atom stereocenters. The summed E-state index contributed by atoms with van der Waals surface area (Å²) in [4.78, 5) is 0. The van der Waals surface area contributed by atoms with Gasteiger partial charge in [-0.3, -0.25) is 5.10 Å². The van der Waals surface area contributed by atoms with Gasteiger partial charge in [0.05, 0.1) is 6.20 Å². The zero-order valence-corrected chi connectivity index (χ0v) is 11.5. The van der Waals surface area contributed by atoms with Crippen molar-refractivity contribution in [1.29, 1.82) is 0 Å². The highest BCUT2D eigenvalue weighted by Crippen LogP contribution is 2.19. The summed E-state index contributed by atoms with van der Waals surface area (Å²) in [5.74, 6) is 0.863. The number of hydrogen-bond acceptors (Lipinski definition) is 4. The van der Waals surface area contributed by atoms with Gasteiger partial charge in [-0.1, -0.05) is 0 Å². The molecule has 2 aromatic heterocycles. The van der Waals surface area contributed by atoms with Gasteiger partial charge in [-0.2, -0.15) is 5.10 Å². The van der Waals surface area contributed by atoms with Crippen LogP contribution in [0.3, 0.4) is 0 Å². The lowest BCUT2D eigenvalue weighted by Gasteiger charge is -2.07. The predicted octanol–water partition coefficient (Wildman–Crippen LogP) is 2.13. The number of nitrogens with one attached hydrogen (secondary N) is 2. The SMILES string of the molecule is Cc1[nH]ncc1CNc1ccc(-c2nncn2C)cc1. The first-order valence-electron chi connectivity index (χ1n) is 6.41. The average Bonchev–Trinajstić information content (AvgIpc) is 3.06. The summed E-state index contributed by atoms with van der Waals surface area (Å²) >= 11 is 0. The van der Waals surface area contributed by atoms with E-state index in [1.54, 1.807) is 6.33 Å². The maximum Gasteiger partial charge on any atom is 0.163 e. The Labute approximate surface area is 116 Å². The van der Waals surface area contributed by atoms with E-state index in [1.165, 1.54) is 5.56 Å². The molecule has 0 aliphatic rings.